The molecule has 0 saturated carbocycles. The molecule has 2 amide bonds. The molecule has 2 heterocycles. The van der Waals surface area contributed by atoms with Gasteiger partial charge in [0.15, 0.2) is 0 Å². The highest BCUT2D eigenvalue weighted by Gasteiger charge is 2.30. The predicted octanol–water partition coefficient (Wildman–Crippen LogP) is 3.91. The first kappa shape index (κ1) is 17.8. The normalized spacial score (nSPS) is 20.1. The highest BCUT2D eigenvalue weighted by Crippen LogP contribution is 2.27. The Morgan fingerprint density at radius 3 is 2.52 bits per heavy atom. The number of para-hydroxylation sites is 1. The van der Waals surface area contributed by atoms with E-state index < -0.39 is 0 Å². The third-order valence-corrected chi connectivity index (χ3v) is 5.61. The number of carbonyl (C=O) groups is 2. The van der Waals surface area contributed by atoms with Gasteiger partial charge in [0.05, 0.1) is 0 Å². The molecule has 4 rings (SSSR count). The monoisotopic (exact) mass is 362 g/mol. The minimum Gasteiger partial charge on any atom is -0.339 e. The van der Waals surface area contributed by atoms with Crippen LogP contribution in [0.15, 0.2) is 54.6 Å². The van der Waals surface area contributed by atoms with Crippen molar-refractivity contribution in [1.29, 1.82) is 0 Å². The molecule has 2 fully saturated rings. The molecule has 0 spiro atoms. The van der Waals surface area contributed by atoms with Gasteiger partial charge in [-0.15, -0.1) is 0 Å². The first-order valence-electron chi connectivity index (χ1n) is 9.94. The van der Waals surface area contributed by atoms with Crippen molar-refractivity contribution in [2.45, 2.75) is 32.1 Å². The van der Waals surface area contributed by atoms with Crippen molar-refractivity contribution in [3.63, 3.8) is 0 Å². The predicted molar refractivity (Wildman–Crippen MR) is 107 cm³/mol. The second kappa shape index (κ2) is 7.95. The van der Waals surface area contributed by atoms with Crippen LogP contribution in [0.2, 0.25) is 0 Å². The molecule has 2 aliphatic heterocycles. The van der Waals surface area contributed by atoms with Crippen LogP contribution in [0.1, 0.15) is 41.6 Å². The van der Waals surface area contributed by atoms with Crippen molar-refractivity contribution >= 4 is 17.5 Å². The van der Waals surface area contributed by atoms with E-state index in [0.29, 0.717) is 6.42 Å². The third kappa shape index (κ3) is 4.05. The largest absolute Gasteiger partial charge is 0.339 e. The van der Waals surface area contributed by atoms with Crippen LogP contribution in [-0.2, 0) is 11.2 Å². The summed E-state index contributed by atoms with van der Waals surface area (Å²) in [4.78, 5) is 29.0. The van der Waals surface area contributed by atoms with Crippen molar-refractivity contribution < 1.29 is 9.59 Å². The summed E-state index contributed by atoms with van der Waals surface area (Å²) < 4.78 is 0. The van der Waals surface area contributed by atoms with Gasteiger partial charge < -0.3 is 9.80 Å². The lowest BCUT2D eigenvalue weighted by Gasteiger charge is -2.27. The molecule has 0 aromatic heterocycles. The van der Waals surface area contributed by atoms with Crippen LogP contribution in [0.5, 0.6) is 0 Å². The summed E-state index contributed by atoms with van der Waals surface area (Å²) in [5.74, 6) is 0.620. The fourth-order valence-corrected chi connectivity index (χ4v) is 4.22. The molecule has 0 bridgehead atoms. The van der Waals surface area contributed by atoms with E-state index in [2.05, 4.69) is 6.07 Å². The van der Waals surface area contributed by atoms with Crippen molar-refractivity contribution in [3.05, 3.63) is 65.7 Å². The Morgan fingerprint density at radius 2 is 1.74 bits per heavy atom. The molecule has 4 nitrogen and oxygen atoms in total. The number of piperidine rings is 1. The summed E-state index contributed by atoms with van der Waals surface area (Å²) in [7, 11) is 0. The van der Waals surface area contributed by atoms with E-state index in [4.69, 9.17) is 0 Å². The molecule has 2 saturated heterocycles. The van der Waals surface area contributed by atoms with E-state index in [-0.39, 0.29) is 17.7 Å². The van der Waals surface area contributed by atoms with Gasteiger partial charge in [0.25, 0.3) is 5.91 Å². The summed E-state index contributed by atoms with van der Waals surface area (Å²) in [6.07, 6.45) is 4.82. The minimum absolute atomic E-state index is 0.143. The van der Waals surface area contributed by atoms with Gasteiger partial charge in [-0.25, -0.2) is 0 Å². The fraction of sp³-hybridized carbons (Fsp3) is 0.391. The van der Waals surface area contributed by atoms with Gasteiger partial charge in [0.2, 0.25) is 5.91 Å². The van der Waals surface area contributed by atoms with Crippen LogP contribution in [-0.4, -0.2) is 36.3 Å². The van der Waals surface area contributed by atoms with E-state index in [9.17, 15) is 9.59 Å². The van der Waals surface area contributed by atoms with Gasteiger partial charge in [-0.3, -0.25) is 9.59 Å². The second-order valence-electron chi connectivity index (χ2n) is 7.67. The average molecular weight is 362 g/mol. The maximum Gasteiger partial charge on any atom is 0.253 e. The van der Waals surface area contributed by atoms with Gasteiger partial charge in [-0.2, -0.15) is 0 Å². The van der Waals surface area contributed by atoms with Gasteiger partial charge in [-0.1, -0.05) is 30.3 Å². The average Bonchev–Trinajstić information content (AvgIpc) is 3.09. The topological polar surface area (TPSA) is 40.6 Å². The molecule has 1 atom stereocenters. The highest BCUT2D eigenvalue weighted by atomic mass is 16.2. The zero-order valence-electron chi connectivity index (χ0n) is 15.6. The molecule has 0 N–H and O–H groups in total. The molecule has 2 aromatic carbocycles. The summed E-state index contributed by atoms with van der Waals surface area (Å²) in [6.45, 7) is 2.48. The van der Waals surface area contributed by atoms with Crippen molar-refractivity contribution in [1.82, 2.24) is 4.90 Å². The quantitative estimate of drug-likeness (QED) is 0.827. The Morgan fingerprint density at radius 1 is 0.963 bits per heavy atom. The number of benzene rings is 2. The van der Waals surface area contributed by atoms with Crippen molar-refractivity contribution in [2.24, 2.45) is 5.92 Å². The van der Waals surface area contributed by atoms with Crippen molar-refractivity contribution in [2.75, 3.05) is 24.5 Å². The van der Waals surface area contributed by atoms with E-state index in [1.54, 1.807) is 0 Å². The number of amides is 2. The Hall–Kier alpha value is -2.62. The number of nitrogens with zero attached hydrogens (tertiary/aromatic N) is 2. The standard InChI is InChI=1S/C23H26N2O2/c26-22-16-19(17-25(22)21-10-3-1-4-11-21)14-18-8-7-9-20(15-18)23(27)24-12-5-2-6-13-24/h1,3-4,7-11,15,19H,2,5-6,12-14,16-17H2/t19-/m0/s1. The smallest absolute Gasteiger partial charge is 0.253 e. The summed E-state index contributed by atoms with van der Waals surface area (Å²) in [5, 5.41) is 0. The lowest BCUT2D eigenvalue weighted by molar-refractivity contribution is -0.117. The number of rotatable bonds is 4. The lowest BCUT2D eigenvalue weighted by atomic mass is 9.97. The lowest BCUT2D eigenvalue weighted by Crippen LogP contribution is -2.35. The number of likely N-dealkylation sites (tertiary alicyclic amines) is 1. The molecule has 0 unspecified atom stereocenters. The summed E-state index contributed by atoms with van der Waals surface area (Å²) in [6, 6.07) is 17.8. The highest BCUT2D eigenvalue weighted by molar-refractivity contribution is 5.96. The third-order valence-electron chi connectivity index (χ3n) is 5.61. The molecule has 0 aliphatic carbocycles. The van der Waals surface area contributed by atoms with E-state index in [1.165, 1.54) is 6.42 Å². The van der Waals surface area contributed by atoms with E-state index in [1.807, 2.05) is 58.3 Å². The SMILES string of the molecule is O=C(c1cccc(C[C@H]2CC(=O)N(c3ccccc3)C2)c1)N1CCCCC1. The first-order chi connectivity index (χ1) is 13.2. The maximum atomic E-state index is 12.7. The zero-order valence-corrected chi connectivity index (χ0v) is 15.6. The number of carbonyl (C=O) groups excluding carboxylic acids is 2. The maximum absolute atomic E-state index is 12.7. The Kier molecular flexibility index (Phi) is 5.23. The van der Waals surface area contributed by atoms with Crippen LogP contribution >= 0.6 is 0 Å². The van der Waals surface area contributed by atoms with E-state index in [0.717, 1.165) is 55.7 Å². The molecule has 0 radical (unpaired) electrons. The molecule has 2 aromatic rings. The molecular weight excluding hydrogens is 336 g/mol. The molecule has 4 heteroatoms. The van der Waals surface area contributed by atoms with Crippen LogP contribution in [0.4, 0.5) is 5.69 Å². The Bertz CT molecular complexity index is 812. The number of hydrogen-bond acceptors (Lipinski definition) is 2. The Labute approximate surface area is 160 Å². The van der Waals surface area contributed by atoms with Crippen LogP contribution in [0.3, 0.4) is 0 Å². The molecule has 2 aliphatic rings. The van der Waals surface area contributed by atoms with Gasteiger partial charge in [-0.05, 0) is 61.4 Å². The summed E-state index contributed by atoms with van der Waals surface area (Å²) >= 11 is 0. The number of anilines is 1. The van der Waals surface area contributed by atoms with Crippen LogP contribution < -0.4 is 4.90 Å². The molecule has 27 heavy (non-hydrogen) atoms. The van der Waals surface area contributed by atoms with E-state index >= 15 is 0 Å². The first-order valence-corrected chi connectivity index (χ1v) is 9.94. The van der Waals surface area contributed by atoms with Gasteiger partial charge in [0.1, 0.15) is 0 Å². The minimum atomic E-state index is 0.143. The summed E-state index contributed by atoms with van der Waals surface area (Å²) in [5.41, 5.74) is 2.89. The van der Waals surface area contributed by atoms with Gasteiger partial charge in [0, 0.05) is 37.3 Å². The molecule has 140 valence electrons. The second-order valence-corrected chi connectivity index (χ2v) is 7.67. The van der Waals surface area contributed by atoms with Crippen LogP contribution in [0.25, 0.3) is 0 Å². The fourth-order valence-electron chi connectivity index (χ4n) is 4.22. The Balaban J connectivity index is 1.43. The van der Waals surface area contributed by atoms with Crippen molar-refractivity contribution in [3.8, 4) is 0 Å². The van der Waals surface area contributed by atoms with Gasteiger partial charge >= 0.3 is 0 Å². The van der Waals surface area contributed by atoms with Crippen LogP contribution in [0, 0.1) is 5.92 Å². The molecular formula is C23H26N2O2. The number of hydrogen-bond donors (Lipinski definition) is 0. The zero-order chi connectivity index (χ0) is 18.6.